The lowest BCUT2D eigenvalue weighted by atomic mass is 10.0. The van der Waals surface area contributed by atoms with E-state index in [4.69, 9.17) is 15.0 Å². The fourth-order valence-electron chi connectivity index (χ4n) is 1.98. The van der Waals surface area contributed by atoms with Crippen LogP contribution in [0.3, 0.4) is 0 Å². The Morgan fingerprint density at radius 3 is 3.06 bits per heavy atom. The Morgan fingerprint density at radius 2 is 2.41 bits per heavy atom. The molecule has 2 aromatic rings. The molecule has 1 fully saturated rings. The Morgan fingerprint density at radius 1 is 1.53 bits per heavy atom. The molecule has 3 rings (SSSR count). The second-order valence-electron chi connectivity index (χ2n) is 4.31. The third kappa shape index (κ3) is 1.73. The molecule has 0 radical (unpaired) electrons. The van der Waals surface area contributed by atoms with E-state index < -0.39 is 5.60 Å². The van der Waals surface area contributed by atoms with Gasteiger partial charge in [0.2, 0.25) is 5.82 Å². The summed E-state index contributed by atoms with van der Waals surface area (Å²) in [6.07, 6.45) is 1.95. The molecule has 1 atom stereocenters. The van der Waals surface area contributed by atoms with Gasteiger partial charge >= 0.3 is 0 Å². The molecule has 1 aliphatic heterocycles. The second kappa shape index (κ2) is 3.82. The molecular weight excluding hydrogens is 238 g/mol. The number of aromatic nitrogens is 2. The van der Waals surface area contributed by atoms with Gasteiger partial charge in [-0.1, -0.05) is 5.16 Å². The summed E-state index contributed by atoms with van der Waals surface area (Å²) >= 11 is 1.50. The van der Waals surface area contributed by atoms with Gasteiger partial charge in [0.05, 0.1) is 5.69 Å². The van der Waals surface area contributed by atoms with Crippen LogP contribution in [0.15, 0.2) is 16.0 Å². The number of rotatable bonds is 2. The lowest BCUT2D eigenvalue weighted by Gasteiger charge is -2.17. The molecule has 2 aromatic heterocycles. The predicted molar refractivity (Wildman–Crippen MR) is 64.6 cm³/mol. The minimum atomic E-state index is -0.409. The van der Waals surface area contributed by atoms with Gasteiger partial charge in [0.1, 0.15) is 10.5 Å². The molecule has 17 heavy (non-hydrogen) atoms. The number of nitrogen functional groups attached to an aromatic ring is 1. The molecule has 0 bridgehead atoms. The monoisotopic (exact) mass is 251 g/mol. The van der Waals surface area contributed by atoms with E-state index in [-0.39, 0.29) is 0 Å². The molecule has 6 heteroatoms. The topological polar surface area (TPSA) is 74.2 Å². The van der Waals surface area contributed by atoms with Crippen molar-refractivity contribution in [1.29, 1.82) is 0 Å². The number of hydrogen-bond acceptors (Lipinski definition) is 6. The van der Waals surface area contributed by atoms with Crippen molar-refractivity contribution < 1.29 is 9.26 Å². The van der Waals surface area contributed by atoms with Gasteiger partial charge in [-0.2, -0.15) is 4.98 Å². The highest BCUT2D eigenvalue weighted by molar-refractivity contribution is 7.14. The molecule has 1 unspecified atom stereocenters. The molecule has 1 aliphatic rings. The third-order valence-electron chi connectivity index (χ3n) is 3.01. The van der Waals surface area contributed by atoms with E-state index in [9.17, 15) is 0 Å². The van der Waals surface area contributed by atoms with Gasteiger partial charge in [-0.05, 0) is 31.2 Å². The zero-order valence-electron chi connectivity index (χ0n) is 9.47. The summed E-state index contributed by atoms with van der Waals surface area (Å²) in [5.74, 6) is 1.09. The van der Waals surface area contributed by atoms with Crippen LogP contribution in [0.4, 0.5) is 5.69 Å². The van der Waals surface area contributed by atoms with Crippen LogP contribution in [0.2, 0.25) is 0 Å². The molecule has 5 nitrogen and oxygen atoms in total. The van der Waals surface area contributed by atoms with Gasteiger partial charge in [-0.25, -0.2) is 0 Å². The Labute approximate surface area is 103 Å². The summed E-state index contributed by atoms with van der Waals surface area (Å²) in [5, 5.41) is 5.91. The number of nitrogens with zero attached hydrogens (tertiary/aromatic N) is 2. The Hall–Kier alpha value is -1.40. The first-order valence-electron chi connectivity index (χ1n) is 5.50. The number of thiophene rings is 1. The highest BCUT2D eigenvalue weighted by atomic mass is 32.1. The normalized spacial score (nSPS) is 24.3. The van der Waals surface area contributed by atoms with E-state index in [2.05, 4.69) is 10.1 Å². The molecule has 90 valence electrons. The second-order valence-corrected chi connectivity index (χ2v) is 5.23. The van der Waals surface area contributed by atoms with E-state index in [1.807, 2.05) is 18.4 Å². The van der Waals surface area contributed by atoms with Crippen molar-refractivity contribution in [2.24, 2.45) is 0 Å². The fourth-order valence-corrected chi connectivity index (χ4v) is 2.72. The maximum absolute atomic E-state index is 5.82. The van der Waals surface area contributed by atoms with E-state index >= 15 is 0 Å². The molecule has 0 aliphatic carbocycles. The Balaban J connectivity index is 1.96. The Kier molecular flexibility index (Phi) is 2.41. The minimum Gasteiger partial charge on any atom is -0.397 e. The van der Waals surface area contributed by atoms with Gasteiger partial charge in [-0.3, -0.25) is 0 Å². The van der Waals surface area contributed by atoms with Gasteiger partial charge in [0.25, 0.3) is 5.89 Å². The molecule has 1 saturated heterocycles. The number of hydrogen-bond donors (Lipinski definition) is 1. The number of nitrogens with two attached hydrogens (primary N) is 1. The summed E-state index contributed by atoms with van der Waals surface area (Å²) in [6.45, 7) is 2.74. The molecule has 0 spiro atoms. The highest BCUT2D eigenvalue weighted by Crippen LogP contribution is 2.36. The van der Waals surface area contributed by atoms with Crippen LogP contribution >= 0.6 is 11.3 Å². The molecule has 0 saturated carbocycles. The standard InChI is InChI=1S/C11H13N3O2S/c1-11(4-2-5-15-11)10-13-9(16-14-10)8-7(12)3-6-17-8/h3,6H,2,4-5,12H2,1H3. The zero-order valence-corrected chi connectivity index (χ0v) is 10.3. The first-order valence-corrected chi connectivity index (χ1v) is 6.38. The fraction of sp³-hybridized carbons (Fsp3) is 0.455. The molecular formula is C11H13N3O2S. The lowest BCUT2D eigenvalue weighted by Crippen LogP contribution is -2.21. The van der Waals surface area contributed by atoms with Crippen LogP contribution < -0.4 is 5.73 Å². The summed E-state index contributed by atoms with van der Waals surface area (Å²) in [5.41, 5.74) is 6.08. The van der Waals surface area contributed by atoms with Crippen molar-refractivity contribution >= 4 is 17.0 Å². The van der Waals surface area contributed by atoms with Gasteiger partial charge in [0, 0.05) is 6.61 Å². The largest absolute Gasteiger partial charge is 0.397 e. The summed E-state index contributed by atoms with van der Waals surface area (Å²) in [6, 6.07) is 1.83. The van der Waals surface area contributed by atoms with Crippen molar-refractivity contribution in [3.63, 3.8) is 0 Å². The SMILES string of the molecule is CC1(c2noc(-c3sccc3N)n2)CCCO1. The van der Waals surface area contributed by atoms with Crippen LogP contribution in [0.5, 0.6) is 0 Å². The van der Waals surface area contributed by atoms with E-state index in [1.165, 1.54) is 11.3 Å². The summed E-state index contributed by atoms with van der Waals surface area (Å²) in [4.78, 5) is 5.22. The molecule has 0 amide bonds. The number of anilines is 1. The first kappa shape index (κ1) is 10.7. The quantitative estimate of drug-likeness (QED) is 0.887. The average Bonchev–Trinajstić information content (AvgIpc) is 2.97. The molecule has 2 N–H and O–H groups in total. The zero-order chi connectivity index (χ0) is 11.9. The van der Waals surface area contributed by atoms with Crippen molar-refractivity contribution in [1.82, 2.24) is 10.1 Å². The highest BCUT2D eigenvalue weighted by Gasteiger charge is 2.36. The third-order valence-corrected chi connectivity index (χ3v) is 3.93. The van der Waals surface area contributed by atoms with Crippen LogP contribution in [-0.4, -0.2) is 16.7 Å². The van der Waals surface area contributed by atoms with E-state index in [1.54, 1.807) is 0 Å². The maximum atomic E-state index is 5.82. The Bertz CT molecular complexity index is 528. The van der Waals surface area contributed by atoms with Gasteiger partial charge < -0.3 is 15.0 Å². The van der Waals surface area contributed by atoms with Crippen LogP contribution in [0.25, 0.3) is 10.8 Å². The molecule has 3 heterocycles. The smallest absolute Gasteiger partial charge is 0.270 e. The van der Waals surface area contributed by atoms with Crippen LogP contribution in [0, 0.1) is 0 Å². The van der Waals surface area contributed by atoms with Crippen molar-refractivity contribution in [3.8, 4) is 10.8 Å². The van der Waals surface area contributed by atoms with Gasteiger partial charge in [-0.15, -0.1) is 11.3 Å². The summed E-state index contributed by atoms with van der Waals surface area (Å²) in [7, 11) is 0. The predicted octanol–water partition coefficient (Wildman–Crippen LogP) is 2.41. The van der Waals surface area contributed by atoms with E-state index in [0.717, 1.165) is 24.3 Å². The summed E-state index contributed by atoms with van der Waals surface area (Å²) < 4.78 is 10.9. The van der Waals surface area contributed by atoms with Crippen molar-refractivity contribution in [2.45, 2.75) is 25.4 Å². The molecule has 0 aromatic carbocycles. The number of ether oxygens (including phenoxy) is 1. The average molecular weight is 251 g/mol. The van der Waals surface area contributed by atoms with E-state index in [0.29, 0.717) is 17.4 Å². The van der Waals surface area contributed by atoms with Crippen LogP contribution in [0.1, 0.15) is 25.6 Å². The maximum Gasteiger partial charge on any atom is 0.270 e. The lowest BCUT2D eigenvalue weighted by molar-refractivity contribution is 0.00768. The minimum absolute atomic E-state index is 0.409. The van der Waals surface area contributed by atoms with Crippen LogP contribution in [-0.2, 0) is 10.3 Å². The van der Waals surface area contributed by atoms with Crippen molar-refractivity contribution in [3.05, 3.63) is 17.3 Å². The first-order chi connectivity index (χ1) is 8.19. The van der Waals surface area contributed by atoms with Crippen molar-refractivity contribution in [2.75, 3.05) is 12.3 Å². The van der Waals surface area contributed by atoms with Gasteiger partial charge in [0.15, 0.2) is 0 Å².